The van der Waals surface area contributed by atoms with Crippen LogP contribution in [0.3, 0.4) is 0 Å². The molecule has 0 amide bonds. The minimum atomic E-state index is -0.381. The molecule has 0 bridgehead atoms. The van der Waals surface area contributed by atoms with Crippen LogP contribution in [0.15, 0.2) is 18.2 Å². The maximum atomic E-state index is 9.59. The summed E-state index contributed by atoms with van der Waals surface area (Å²) >= 11 is 0. The van der Waals surface area contributed by atoms with E-state index in [-0.39, 0.29) is 12.2 Å². The van der Waals surface area contributed by atoms with E-state index in [9.17, 15) is 5.11 Å². The molecule has 2 rings (SSSR count). The molecule has 1 N–H and O–H groups in total. The number of fused-ring (bicyclic) bond motifs is 1. The lowest BCUT2D eigenvalue weighted by atomic mass is 10.0. The number of benzene rings is 1. The Kier molecular flexibility index (Phi) is 4.02. The van der Waals surface area contributed by atoms with Gasteiger partial charge in [-0.05, 0) is 31.4 Å². The van der Waals surface area contributed by atoms with Gasteiger partial charge in [0.2, 0.25) is 0 Å². The lowest BCUT2D eigenvalue weighted by Crippen LogP contribution is -2.20. The molecule has 3 nitrogen and oxygen atoms in total. The summed E-state index contributed by atoms with van der Waals surface area (Å²) in [6.45, 7) is 2.49. The van der Waals surface area contributed by atoms with E-state index in [1.807, 2.05) is 6.07 Å². The highest BCUT2D eigenvalue weighted by atomic mass is 16.5. The average molecular weight is 236 g/mol. The van der Waals surface area contributed by atoms with Gasteiger partial charge in [0, 0.05) is 13.5 Å². The zero-order valence-corrected chi connectivity index (χ0v) is 10.5. The van der Waals surface area contributed by atoms with Gasteiger partial charge >= 0.3 is 0 Å². The van der Waals surface area contributed by atoms with Crippen LogP contribution in [-0.4, -0.2) is 31.0 Å². The van der Waals surface area contributed by atoms with E-state index in [4.69, 9.17) is 9.47 Å². The summed E-state index contributed by atoms with van der Waals surface area (Å²) in [7, 11) is 1.61. The Balaban J connectivity index is 1.84. The van der Waals surface area contributed by atoms with Crippen LogP contribution < -0.4 is 4.74 Å². The van der Waals surface area contributed by atoms with E-state index in [2.05, 4.69) is 19.1 Å². The largest absolute Gasteiger partial charge is 0.490 e. The van der Waals surface area contributed by atoms with E-state index in [1.165, 1.54) is 11.1 Å². The lowest BCUT2D eigenvalue weighted by molar-refractivity contribution is 0.0507. The standard InChI is InChI=1S/C14H20O3/c1-10-3-6-14-11(7-10)8-13(17-14)5-4-12(15)9-16-2/h3,6-7,12-13,15H,4-5,8-9H2,1-2H3. The zero-order valence-electron chi connectivity index (χ0n) is 10.5. The molecule has 1 aromatic rings. The molecule has 1 aliphatic rings. The second kappa shape index (κ2) is 5.52. The first-order chi connectivity index (χ1) is 8.19. The molecule has 1 aromatic carbocycles. The summed E-state index contributed by atoms with van der Waals surface area (Å²) in [5, 5.41) is 9.59. The molecule has 0 spiro atoms. The van der Waals surface area contributed by atoms with Gasteiger partial charge < -0.3 is 14.6 Å². The maximum Gasteiger partial charge on any atom is 0.123 e. The summed E-state index contributed by atoms with van der Waals surface area (Å²) in [5.41, 5.74) is 2.56. The fourth-order valence-electron chi connectivity index (χ4n) is 2.26. The third-order valence-corrected chi connectivity index (χ3v) is 3.14. The van der Waals surface area contributed by atoms with Gasteiger partial charge in [0.1, 0.15) is 11.9 Å². The van der Waals surface area contributed by atoms with Crippen molar-refractivity contribution >= 4 is 0 Å². The smallest absolute Gasteiger partial charge is 0.123 e. The van der Waals surface area contributed by atoms with Crippen LogP contribution in [0, 0.1) is 6.92 Å². The predicted octanol–water partition coefficient (Wildman–Crippen LogP) is 2.09. The van der Waals surface area contributed by atoms with Gasteiger partial charge in [0.25, 0.3) is 0 Å². The second-order valence-electron chi connectivity index (χ2n) is 4.74. The highest BCUT2D eigenvalue weighted by Crippen LogP contribution is 2.31. The van der Waals surface area contributed by atoms with E-state index in [0.29, 0.717) is 6.61 Å². The number of ether oxygens (including phenoxy) is 2. The summed E-state index contributed by atoms with van der Waals surface area (Å²) in [5.74, 6) is 1.00. The summed E-state index contributed by atoms with van der Waals surface area (Å²) in [6, 6.07) is 6.29. The molecule has 94 valence electrons. The molecule has 0 saturated heterocycles. The first-order valence-corrected chi connectivity index (χ1v) is 6.12. The molecule has 17 heavy (non-hydrogen) atoms. The van der Waals surface area contributed by atoms with Crippen molar-refractivity contribution in [2.75, 3.05) is 13.7 Å². The van der Waals surface area contributed by atoms with Crippen molar-refractivity contribution in [2.24, 2.45) is 0 Å². The number of aliphatic hydroxyl groups is 1. The number of rotatable bonds is 5. The Labute approximate surface area is 102 Å². The fourth-order valence-corrected chi connectivity index (χ4v) is 2.26. The normalized spacial score (nSPS) is 19.8. The monoisotopic (exact) mass is 236 g/mol. The summed E-state index contributed by atoms with van der Waals surface area (Å²) in [6.07, 6.45) is 2.38. The van der Waals surface area contributed by atoms with Crippen molar-refractivity contribution in [1.29, 1.82) is 0 Å². The van der Waals surface area contributed by atoms with Crippen molar-refractivity contribution in [1.82, 2.24) is 0 Å². The second-order valence-corrected chi connectivity index (χ2v) is 4.74. The Bertz CT molecular complexity index is 376. The SMILES string of the molecule is COCC(O)CCC1Cc2cc(C)ccc2O1. The zero-order chi connectivity index (χ0) is 12.3. The highest BCUT2D eigenvalue weighted by Gasteiger charge is 2.23. The summed E-state index contributed by atoms with van der Waals surface area (Å²) in [4.78, 5) is 0. The molecule has 0 fully saturated rings. The van der Waals surface area contributed by atoms with Crippen LogP contribution in [0.4, 0.5) is 0 Å². The minimum Gasteiger partial charge on any atom is -0.490 e. The highest BCUT2D eigenvalue weighted by molar-refractivity contribution is 5.40. The predicted molar refractivity (Wildman–Crippen MR) is 66.4 cm³/mol. The quantitative estimate of drug-likeness (QED) is 0.850. The van der Waals surface area contributed by atoms with Gasteiger partial charge in [-0.15, -0.1) is 0 Å². The third-order valence-electron chi connectivity index (χ3n) is 3.14. The maximum absolute atomic E-state index is 9.59. The number of hydrogen-bond acceptors (Lipinski definition) is 3. The van der Waals surface area contributed by atoms with Crippen molar-refractivity contribution in [2.45, 2.75) is 38.4 Å². The third kappa shape index (κ3) is 3.20. The van der Waals surface area contributed by atoms with Gasteiger partial charge in [-0.1, -0.05) is 17.7 Å². The molecule has 0 saturated carbocycles. The number of hydrogen-bond donors (Lipinski definition) is 1. The molecule has 0 aliphatic carbocycles. The van der Waals surface area contributed by atoms with Crippen molar-refractivity contribution < 1.29 is 14.6 Å². The topological polar surface area (TPSA) is 38.7 Å². The first-order valence-electron chi connectivity index (χ1n) is 6.12. The van der Waals surface area contributed by atoms with E-state index in [0.717, 1.165) is 25.0 Å². The average Bonchev–Trinajstić information content (AvgIpc) is 2.68. The molecule has 1 aliphatic heterocycles. The van der Waals surface area contributed by atoms with Crippen LogP contribution in [-0.2, 0) is 11.2 Å². The van der Waals surface area contributed by atoms with Crippen molar-refractivity contribution in [3.05, 3.63) is 29.3 Å². The molecule has 1 heterocycles. The summed E-state index contributed by atoms with van der Waals surface area (Å²) < 4.78 is 10.7. The molecular weight excluding hydrogens is 216 g/mol. The molecule has 2 unspecified atom stereocenters. The van der Waals surface area contributed by atoms with Gasteiger partial charge in [-0.25, -0.2) is 0 Å². The molecule has 3 heteroatoms. The Morgan fingerprint density at radius 2 is 2.35 bits per heavy atom. The van der Waals surface area contributed by atoms with Crippen molar-refractivity contribution in [3.63, 3.8) is 0 Å². The number of aryl methyl sites for hydroxylation is 1. The van der Waals surface area contributed by atoms with Crippen LogP contribution in [0.25, 0.3) is 0 Å². The Hall–Kier alpha value is -1.06. The lowest BCUT2D eigenvalue weighted by Gasteiger charge is -2.13. The van der Waals surface area contributed by atoms with Crippen LogP contribution >= 0.6 is 0 Å². The van der Waals surface area contributed by atoms with Crippen LogP contribution in [0.2, 0.25) is 0 Å². The van der Waals surface area contributed by atoms with Crippen molar-refractivity contribution in [3.8, 4) is 5.75 Å². The Morgan fingerprint density at radius 3 is 3.12 bits per heavy atom. The minimum absolute atomic E-state index is 0.207. The molecular formula is C14H20O3. The van der Waals surface area contributed by atoms with E-state index >= 15 is 0 Å². The van der Waals surface area contributed by atoms with Gasteiger partial charge in [-0.2, -0.15) is 0 Å². The number of methoxy groups -OCH3 is 1. The fraction of sp³-hybridized carbons (Fsp3) is 0.571. The van der Waals surface area contributed by atoms with Crippen LogP contribution in [0.1, 0.15) is 24.0 Å². The van der Waals surface area contributed by atoms with Gasteiger partial charge in [0.05, 0.1) is 12.7 Å². The van der Waals surface area contributed by atoms with Gasteiger partial charge in [-0.3, -0.25) is 0 Å². The van der Waals surface area contributed by atoms with E-state index in [1.54, 1.807) is 7.11 Å². The molecule has 0 radical (unpaired) electrons. The molecule has 0 aromatic heterocycles. The first kappa shape index (κ1) is 12.4. The van der Waals surface area contributed by atoms with Gasteiger partial charge in [0.15, 0.2) is 0 Å². The van der Waals surface area contributed by atoms with E-state index < -0.39 is 0 Å². The van der Waals surface area contributed by atoms with Crippen LogP contribution in [0.5, 0.6) is 5.75 Å². The Morgan fingerprint density at radius 1 is 1.53 bits per heavy atom. The molecule has 2 atom stereocenters. The number of aliphatic hydroxyl groups excluding tert-OH is 1.